The van der Waals surface area contributed by atoms with Crippen LogP contribution in [0.25, 0.3) is 10.9 Å². The van der Waals surface area contributed by atoms with Gasteiger partial charge in [0.05, 0.1) is 10.9 Å². The number of anilines is 1. The molecule has 0 atom stereocenters. The quantitative estimate of drug-likeness (QED) is 0.814. The molecule has 1 aromatic heterocycles. The minimum atomic E-state index is -0.193. The maximum Gasteiger partial charge on any atom is 0.260 e. The Bertz CT molecular complexity index is 790. The van der Waals surface area contributed by atoms with Crippen molar-refractivity contribution in [1.82, 2.24) is 14.9 Å². The van der Waals surface area contributed by atoms with Crippen molar-refractivity contribution in [2.75, 3.05) is 25.0 Å². The zero-order valence-corrected chi connectivity index (χ0v) is 14.2. The minimum absolute atomic E-state index is 0.193. The van der Waals surface area contributed by atoms with Gasteiger partial charge in [-0.2, -0.15) is 0 Å². The number of aromatic amines is 1. The van der Waals surface area contributed by atoms with Crippen LogP contribution in [0.3, 0.4) is 0 Å². The fourth-order valence-corrected chi connectivity index (χ4v) is 3.11. The van der Waals surface area contributed by atoms with Gasteiger partial charge >= 0.3 is 0 Å². The molecule has 0 saturated carbocycles. The van der Waals surface area contributed by atoms with Gasteiger partial charge in [-0.3, -0.25) is 14.6 Å². The minimum Gasteiger partial charge on any atom is -0.356 e. The lowest BCUT2D eigenvalue weighted by Crippen LogP contribution is -2.32. The molecule has 7 heteroatoms. The number of nitrogens with one attached hydrogen (secondary N) is 2. The van der Waals surface area contributed by atoms with E-state index >= 15 is 0 Å². The summed E-state index contributed by atoms with van der Waals surface area (Å²) in [6.45, 7) is 2.22. The summed E-state index contributed by atoms with van der Waals surface area (Å²) in [5.74, 6) is 0.677. The maximum absolute atomic E-state index is 12.0. The number of aromatic nitrogens is 2. The van der Waals surface area contributed by atoms with Crippen molar-refractivity contribution in [3.05, 3.63) is 33.6 Å². The molecule has 128 valence electrons. The highest BCUT2D eigenvalue weighted by molar-refractivity contribution is 6.31. The van der Waals surface area contributed by atoms with E-state index in [-0.39, 0.29) is 11.5 Å². The van der Waals surface area contributed by atoms with E-state index in [0.717, 1.165) is 38.8 Å². The Hall–Kier alpha value is -2.08. The third-order valence-electron chi connectivity index (χ3n) is 4.24. The molecule has 1 aromatic carbocycles. The highest BCUT2D eigenvalue weighted by Gasteiger charge is 2.15. The van der Waals surface area contributed by atoms with Crippen molar-refractivity contribution in [3.8, 4) is 0 Å². The standard InChI is InChI=1S/C17H21ClN4O2/c18-12-6-7-13-14(11-12)20-17(21-16(13)24)19-8-4-10-22-9-3-1-2-5-15(22)23/h6-7,11H,1-5,8-10H2,(H2,19,20,21,24). The molecular weight excluding hydrogens is 328 g/mol. The van der Waals surface area contributed by atoms with Gasteiger partial charge in [0.25, 0.3) is 5.56 Å². The summed E-state index contributed by atoms with van der Waals surface area (Å²) in [4.78, 5) is 33.0. The first kappa shape index (κ1) is 16.8. The monoisotopic (exact) mass is 348 g/mol. The third kappa shape index (κ3) is 4.06. The summed E-state index contributed by atoms with van der Waals surface area (Å²) in [5.41, 5.74) is 0.373. The van der Waals surface area contributed by atoms with Crippen LogP contribution in [-0.4, -0.2) is 40.4 Å². The Balaban J connectivity index is 1.57. The second-order valence-electron chi connectivity index (χ2n) is 6.05. The predicted octanol–water partition coefficient (Wildman–Crippen LogP) is 2.78. The lowest BCUT2D eigenvalue weighted by molar-refractivity contribution is -0.130. The van der Waals surface area contributed by atoms with E-state index in [2.05, 4.69) is 15.3 Å². The van der Waals surface area contributed by atoms with Gasteiger partial charge in [-0.15, -0.1) is 0 Å². The fourth-order valence-electron chi connectivity index (χ4n) is 2.95. The Morgan fingerprint density at radius 3 is 3.00 bits per heavy atom. The number of carbonyl (C=O) groups excluding carboxylic acids is 1. The van der Waals surface area contributed by atoms with E-state index in [4.69, 9.17) is 11.6 Å². The molecule has 0 bridgehead atoms. The average Bonchev–Trinajstić information content (AvgIpc) is 2.75. The first-order valence-electron chi connectivity index (χ1n) is 8.35. The summed E-state index contributed by atoms with van der Waals surface area (Å²) in [6, 6.07) is 5.01. The lowest BCUT2D eigenvalue weighted by atomic mass is 10.2. The molecule has 1 saturated heterocycles. The summed E-state index contributed by atoms with van der Waals surface area (Å²) < 4.78 is 0. The third-order valence-corrected chi connectivity index (χ3v) is 4.47. The van der Waals surface area contributed by atoms with Gasteiger partial charge < -0.3 is 10.2 Å². The molecule has 2 N–H and O–H groups in total. The van der Waals surface area contributed by atoms with E-state index in [1.54, 1.807) is 18.2 Å². The number of halogens is 1. The van der Waals surface area contributed by atoms with Crippen LogP contribution in [-0.2, 0) is 4.79 Å². The number of amides is 1. The molecule has 0 unspecified atom stereocenters. The summed E-state index contributed by atoms with van der Waals surface area (Å²) in [7, 11) is 0. The van der Waals surface area contributed by atoms with Crippen LogP contribution in [0.4, 0.5) is 5.95 Å². The first-order chi connectivity index (χ1) is 11.6. The number of hydrogen-bond donors (Lipinski definition) is 2. The van der Waals surface area contributed by atoms with Gasteiger partial charge in [0, 0.05) is 31.1 Å². The van der Waals surface area contributed by atoms with Crippen LogP contribution in [0.2, 0.25) is 5.02 Å². The molecule has 1 aliphatic rings. The van der Waals surface area contributed by atoms with Crippen LogP contribution < -0.4 is 10.9 Å². The van der Waals surface area contributed by atoms with Gasteiger partial charge in [-0.25, -0.2) is 4.98 Å². The van der Waals surface area contributed by atoms with Crippen molar-refractivity contribution in [1.29, 1.82) is 0 Å². The van der Waals surface area contributed by atoms with Gasteiger partial charge in [-0.1, -0.05) is 18.0 Å². The summed E-state index contributed by atoms with van der Waals surface area (Å²) in [6.07, 6.45) is 4.68. The number of hydrogen-bond acceptors (Lipinski definition) is 4. The summed E-state index contributed by atoms with van der Waals surface area (Å²) >= 11 is 5.95. The average molecular weight is 349 g/mol. The molecule has 0 spiro atoms. The second-order valence-corrected chi connectivity index (χ2v) is 6.48. The van der Waals surface area contributed by atoms with Crippen molar-refractivity contribution in [2.24, 2.45) is 0 Å². The topological polar surface area (TPSA) is 78.1 Å². The van der Waals surface area contributed by atoms with E-state index in [1.807, 2.05) is 4.90 Å². The van der Waals surface area contributed by atoms with Crippen molar-refractivity contribution in [3.63, 3.8) is 0 Å². The van der Waals surface area contributed by atoms with Gasteiger partial charge in [-0.05, 0) is 37.5 Å². The van der Waals surface area contributed by atoms with Crippen LogP contribution in [0.5, 0.6) is 0 Å². The van der Waals surface area contributed by atoms with Crippen LogP contribution in [0.15, 0.2) is 23.0 Å². The molecule has 6 nitrogen and oxygen atoms in total. The molecule has 1 fully saturated rings. The number of benzene rings is 1. The molecule has 0 aliphatic carbocycles. The molecule has 3 rings (SSSR count). The van der Waals surface area contributed by atoms with E-state index in [9.17, 15) is 9.59 Å². The first-order valence-corrected chi connectivity index (χ1v) is 8.72. The number of nitrogens with zero attached hydrogens (tertiary/aromatic N) is 2. The van der Waals surface area contributed by atoms with Crippen LogP contribution >= 0.6 is 11.6 Å². The number of likely N-dealkylation sites (tertiary alicyclic amines) is 1. The van der Waals surface area contributed by atoms with Crippen molar-refractivity contribution < 1.29 is 4.79 Å². The number of carbonyl (C=O) groups is 1. The van der Waals surface area contributed by atoms with E-state index in [1.165, 1.54) is 0 Å². The Morgan fingerprint density at radius 1 is 1.25 bits per heavy atom. The highest BCUT2D eigenvalue weighted by atomic mass is 35.5. The second kappa shape index (κ2) is 7.66. The largest absolute Gasteiger partial charge is 0.356 e. The van der Waals surface area contributed by atoms with Crippen molar-refractivity contribution in [2.45, 2.75) is 32.1 Å². The van der Waals surface area contributed by atoms with E-state index in [0.29, 0.717) is 34.8 Å². The van der Waals surface area contributed by atoms with Gasteiger partial charge in [0.1, 0.15) is 0 Å². The SMILES string of the molecule is O=C1CCCCCN1CCCNc1nc2cc(Cl)ccc2c(=O)[nH]1. The molecule has 2 aromatic rings. The molecule has 2 heterocycles. The highest BCUT2D eigenvalue weighted by Crippen LogP contribution is 2.15. The Morgan fingerprint density at radius 2 is 2.12 bits per heavy atom. The Labute approximate surface area is 145 Å². The van der Waals surface area contributed by atoms with Gasteiger partial charge in [0.2, 0.25) is 11.9 Å². The molecule has 0 radical (unpaired) electrons. The Kier molecular flexibility index (Phi) is 5.35. The van der Waals surface area contributed by atoms with Crippen LogP contribution in [0.1, 0.15) is 32.1 Å². The van der Waals surface area contributed by atoms with Gasteiger partial charge in [0.15, 0.2) is 0 Å². The van der Waals surface area contributed by atoms with Crippen LogP contribution in [0, 0.1) is 0 Å². The number of H-pyrrole nitrogens is 1. The predicted molar refractivity (Wildman–Crippen MR) is 95.5 cm³/mol. The fraction of sp³-hybridized carbons (Fsp3) is 0.471. The van der Waals surface area contributed by atoms with Crippen molar-refractivity contribution >= 4 is 34.4 Å². The number of fused-ring (bicyclic) bond motifs is 1. The van der Waals surface area contributed by atoms with E-state index < -0.39 is 0 Å². The number of rotatable bonds is 5. The summed E-state index contributed by atoms with van der Waals surface area (Å²) in [5, 5.41) is 4.18. The maximum atomic E-state index is 12.0. The smallest absolute Gasteiger partial charge is 0.260 e. The normalized spacial score (nSPS) is 15.5. The zero-order valence-electron chi connectivity index (χ0n) is 13.5. The molecule has 24 heavy (non-hydrogen) atoms. The molecule has 1 aliphatic heterocycles. The lowest BCUT2D eigenvalue weighted by Gasteiger charge is -2.20. The zero-order chi connectivity index (χ0) is 16.9. The molecule has 1 amide bonds. The molecular formula is C17H21ClN4O2.